The van der Waals surface area contributed by atoms with E-state index in [4.69, 9.17) is 5.11 Å². The summed E-state index contributed by atoms with van der Waals surface area (Å²) in [6.07, 6.45) is 3.32. The van der Waals surface area contributed by atoms with E-state index in [1.165, 1.54) is 5.56 Å². The average molecular weight is 356 g/mol. The van der Waals surface area contributed by atoms with Crippen LogP contribution in [0.2, 0.25) is 0 Å². The van der Waals surface area contributed by atoms with Crippen molar-refractivity contribution in [2.24, 2.45) is 0 Å². The Hall–Kier alpha value is -2.83. The molecule has 3 N–H and O–H groups in total. The maximum absolute atomic E-state index is 12.7. The molecule has 2 heterocycles. The largest absolute Gasteiger partial charge is 0.465 e. The smallest absolute Gasteiger partial charge is 0.405 e. The van der Waals surface area contributed by atoms with Crippen molar-refractivity contribution in [3.8, 4) is 11.3 Å². The number of rotatable bonds is 4. The van der Waals surface area contributed by atoms with E-state index >= 15 is 0 Å². The molecule has 0 radical (unpaired) electrons. The number of benzene rings is 1. The minimum absolute atomic E-state index is 0.159. The van der Waals surface area contributed by atoms with Crippen molar-refractivity contribution in [3.63, 3.8) is 0 Å². The molecular weight excluding hydrogens is 332 g/mol. The fraction of sp³-hybridized carbons (Fsp3) is 0.421. The van der Waals surface area contributed by atoms with Crippen LogP contribution in [0, 0.1) is 6.92 Å². The van der Waals surface area contributed by atoms with E-state index in [9.17, 15) is 9.59 Å². The van der Waals surface area contributed by atoms with Crippen molar-refractivity contribution < 1.29 is 14.7 Å². The number of hydrogen-bond donors (Lipinski definition) is 3. The predicted molar refractivity (Wildman–Crippen MR) is 97.7 cm³/mol. The van der Waals surface area contributed by atoms with Crippen LogP contribution in [-0.2, 0) is 4.79 Å². The zero-order valence-corrected chi connectivity index (χ0v) is 15.0. The first kappa shape index (κ1) is 18.0. The molecular formula is C19H24N4O3. The first-order chi connectivity index (χ1) is 12.5. The highest BCUT2D eigenvalue weighted by atomic mass is 16.4. The van der Waals surface area contributed by atoms with E-state index in [-0.39, 0.29) is 11.9 Å². The molecule has 1 saturated heterocycles. The number of carboxylic acid groups (broad SMARTS) is 1. The molecule has 7 nitrogen and oxygen atoms in total. The van der Waals surface area contributed by atoms with Crippen LogP contribution in [0.4, 0.5) is 4.79 Å². The van der Waals surface area contributed by atoms with Gasteiger partial charge in [0.15, 0.2) is 0 Å². The number of carbonyl (C=O) groups excluding carboxylic acids is 1. The summed E-state index contributed by atoms with van der Waals surface area (Å²) in [6.45, 7) is 4.22. The van der Waals surface area contributed by atoms with Crippen molar-refractivity contribution in [2.45, 2.75) is 45.2 Å². The third-order valence-corrected chi connectivity index (χ3v) is 4.77. The minimum Gasteiger partial charge on any atom is -0.465 e. The molecule has 7 heteroatoms. The number of aromatic amines is 1. The molecule has 1 aliphatic rings. The standard InChI is InChI=1S/C19H24N4O3/c1-12-6-8-14(9-7-12)15-11-20-17(22-15)16-5-3-4-10-23(16)18(24)13(2)21-19(25)26/h6-9,11,13,16,21H,3-5,10H2,1-2H3,(H,20,22)(H,25,26). The Morgan fingerprint density at radius 3 is 2.73 bits per heavy atom. The molecule has 2 aromatic rings. The maximum Gasteiger partial charge on any atom is 0.405 e. The van der Waals surface area contributed by atoms with E-state index in [2.05, 4.69) is 15.3 Å². The summed E-state index contributed by atoms with van der Waals surface area (Å²) < 4.78 is 0. The topological polar surface area (TPSA) is 98.3 Å². The summed E-state index contributed by atoms with van der Waals surface area (Å²) in [5, 5.41) is 11.1. The highest BCUT2D eigenvalue weighted by Gasteiger charge is 2.32. The Balaban J connectivity index is 1.81. The molecule has 2 amide bonds. The van der Waals surface area contributed by atoms with Gasteiger partial charge in [-0.05, 0) is 38.7 Å². The van der Waals surface area contributed by atoms with Crippen LogP contribution in [0.1, 0.15) is 43.6 Å². The van der Waals surface area contributed by atoms with Gasteiger partial charge in [0.1, 0.15) is 11.9 Å². The third-order valence-electron chi connectivity index (χ3n) is 4.77. The van der Waals surface area contributed by atoms with E-state index in [1.807, 2.05) is 31.2 Å². The molecule has 0 saturated carbocycles. The van der Waals surface area contributed by atoms with E-state index in [0.29, 0.717) is 6.54 Å². The van der Waals surface area contributed by atoms with Crippen LogP contribution < -0.4 is 5.32 Å². The minimum atomic E-state index is -1.20. The van der Waals surface area contributed by atoms with Gasteiger partial charge in [-0.2, -0.15) is 0 Å². The number of amides is 2. The number of hydrogen-bond acceptors (Lipinski definition) is 3. The van der Waals surface area contributed by atoms with E-state index < -0.39 is 12.1 Å². The van der Waals surface area contributed by atoms with Gasteiger partial charge in [0.2, 0.25) is 5.91 Å². The van der Waals surface area contributed by atoms with Crippen LogP contribution >= 0.6 is 0 Å². The van der Waals surface area contributed by atoms with Gasteiger partial charge in [0.25, 0.3) is 0 Å². The van der Waals surface area contributed by atoms with Crippen molar-refractivity contribution in [3.05, 3.63) is 41.9 Å². The molecule has 0 spiro atoms. The normalized spacial score (nSPS) is 18.4. The zero-order valence-electron chi connectivity index (χ0n) is 15.0. The van der Waals surface area contributed by atoms with Gasteiger partial charge < -0.3 is 20.3 Å². The lowest BCUT2D eigenvalue weighted by Gasteiger charge is -2.36. The van der Waals surface area contributed by atoms with Crippen LogP contribution in [0.25, 0.3) is 11.3 Å². The quantitative estimate of drug-likeness (QED) is 0.784. The van der Waals surface area contributed by atoms with E-state index in [0.717, 1.165) is 36.3 Å². The number of aromatic nitrogens is 2. The van der Waals surface area contributed by atoms with Gasteiger partial charge in [-0.15, -0.1) is 0 Å². The Kier molecular flexibility index (Phi) is 5.25. The number of nitrogens with one attached hydrogen (secondary N) is 2. The van der Waals surface area contributed by atoms with Gasteiger partial charge >= 0.3 is 6.09 Å². The number of likely N-dealkylation sites (tertiary alicyclic amines) is 1. The molecule has 0 bridgehead atoms. The van der Waals surface area contributed by atoms with Gasteiger partial charge in [0, 0.05) is 6.54 Å². The second-order valence-corrected chi connectivity index (χ2v) is 6.76. The lowest BCUT2D eigenvalue weighted by Crippen LogP contribution is -2.49. The van der Waals surface area contributed by atoms with Crippen molar-refractivity contribution in [2.75, 3.05) is 6.54 Å². The van der Waals surface area contributed by atoms with Gasteiger partial charge in [0.05, 0.1) is 17.9 Å². The number of piperidine rings is 1. The fourth-order valence-corrected chi connectivity index (χ4v) is 3.36. The molecule has 0 aliphatic carbocycles. The van der Waals surface area contributed by atoms with E-state index in [1.54, 1.807) is 18.0 Å². The Morgan fingerprint density at radius 1 is 1.31 bits per heavy atom. The molecule has 1 fully saturated rings. The third kappa shape index (κ3) is 3.87. The number of H-pyrrole nitrogens is 1. The van der Waals surface area contributed by atoms with Crippen molar-refractivity contribution in [1.82, 2.24) is 20.2 Å². The molecule has 2 unspecified atom stereocenters. The number of aryl methyl sites for hydroxylation is 1. The summed E-state index contributed by atoms with van der Waals surface area (Å²) in [4.78, 5) is 33.1. The highest BCUT2D eigenvalue weighted by Crippen LogP contribution is 2.31. The molecule has 1 aromatic heterocycles. The Morgan fingerprint density at radius 2 is 2.04 bits per heavy atom. The zero-order chi connectivity index (χ0) is 18.7. The summed E-state index contributed by atoms with van der Waals surface area (Å²) >= 11 is 0. The molecule has 1 aliphatic heterocycles. The number of carbonyl (C=O) groups is 2. The SMILES string of the molecule is Cc1ccc(-c2cnc(C3CCCCN3C(=O)C(C)NC(=O)O)[nH]2)cc1. The Bertz CT molecular complexity index is 784. The molecule has 138 valence electrons. The van der Waals surface area contributed by atoms with Crippen LogP contribution in [0.15, 0.2) is 30.5 Å². The Labute approximate surface area is 152 Å². The second-order valence-electron chi connectivity index (χ2n) is 6.76. The first-order valence-electron chi connectivity index (χ1n) is 8.87. The first-order valence-corrected chi connectivity index (χ1v) is 8.87. The van der Waals surface area contributed by atoms with Gasteiger partial charge in [-0.3, -0.25) is 4.79 Å². The number of nitrogens with zero attached hydrogens (tertiary/aromatic N) is 2. The van der Waals surface area contributed by atoms with Gasteiger partial charge in [-0.25, -0.2) is 9.78 Å². The summed E-state index contributed by atoms with van der Waals surface area (Å²) in [7, 11) is 0. The molecule has 1 aromatic carbocycles. The maximum atomic E-state index is 12.7. The lowest BCUT2D eigenvalue weighted by atomic mass is 10.0. The molecule has 2 atom stereocenters. The molecule has 3 rings (SSSR count). The second kappa shape index (κ2) is 7.59. The van der Waals surface area contributed by atoms with Gasteiger partial charge in [-0.1, -0.05) is 29.8 Å². The number of imidazole rings is 1. The summed E-state index contributed by atoms with van der Waals surface area (Å²) in [5.41, 5.74) is 3.15. The van der Waals surface area contributed by atoms with Crippen LogP contribution in [-0.4, -0.2) is 44.6 Å². The molecule has 26 heavy (non-hydrogen) atoms. The highest BCUT2D eigenvalue weighted by molar-refractivity contribution is 5.85. The summed E-state index contributed by atoms with van der Waals surface area (Å²) in [5.74, 6) is 0.529. The van der Waals surface area contributed by atoms with Crippen molar-refractivity contribution >= 4 is 12.0 Å². The fourth-order valence-electron chi connectivity index (χ4n) is 3.36. The van der Waals surface area contributed by atoms with Crippen LogP contribution in [0.3, 0.4) is 0 Å². The van der Waals surface area contributed by atoms with Crippen molar-refractivity contribution in [1.29, 1.82) is 0 Å². The lowest BCUT2D eigenvalue weighted by molar-refractivity contribution is -0.137. The predicted octanol–water partition coefficient (Wildman–Crippen LogP) is 3.09. The van der Waals surface area contributed by atoms with Crippen LogP contribution in [0.5, 0.6) is 0 Å². The average Bonchev–Trinajstić information content (AvgIpc) is 3.11. The monoisotopic (exact) mass is 356 g/mol. The summed E-state index contributed by atoms with van der Waals surface area (Å²) in [6, 6.07) is 7.23.